The highest BCUT2D eigenvalue weighted by Crippen LogP contribution is 2.38. The van der Waals surface area contributed by atoms with Crippen LogP contribution in [0.15, 0.2) is 91.0 Å². The smallest absolute Gasteiger partial charge is 0.399 e. The molecule has 1 fully saturated rings. The van der Waals surface area contributed by atoms with Crippen molar-refractivity contribution in [3.8, 4) is 16.3 Å². The molecule has 0 aliphatic carbocycles. The van der Waals surface area contributed by atoms with Crippen LogP contribution in [0.3, 0.4) is 0 Å². The van der Waals surface area contributed by atoms with Crippen LogP contribution in [0.2, 0.25) is 0 Å². The molecule has 3 heterocycles. The van der Waals surface area contributed by atoms with Gasteiger partial charge in [-0.2, -0.15) is 0 Å². The first-order valence-electron chi connectivity index (χ1n) is 12.7. The molecule has 4 nitrogen and oxygen atoms in total. The Morgan fingerprint density at radius 1 is 0.730 bits per heavy atom. The summed E-state index contributed by atoms with van der Waals surface area (Å²) in [6.45, 7) is 8.37. The number of benzene rings is 4. The Labute approximate surface area is 220 Å². The first-order valence-corrected chi connectivity index (χ1v) is 13.5. The van der Waals surface area contributed by atoms with Crippen molar-refractivity contribution in [2.24, 2.45) is 0 Å². The van der Waals surface area contributed by atoms with E-state index >= 15 is 0 Å². The molecule has 2 aromatic heterocycles. The van der Waals surface area contributed by atoms with Gasteiger partial charge in [-0.25, -0.2) is 4.98 Å². The van der Waals surface area contributed by atoms with Crippen LogP contribution in [-0.4, -0.2) is 27.9 Å². The van der Waals surface area contributed by atoms with Gasteiger partial charge in [0.1, 0.15) is 5.01 Å². The zero-order valence-electron chi connectivity index (χ0n) is 21.4. The van der Waals surface area contributed by atoms with Crippen molar-refractivity contribution >= 4 is 55.9 Å². The molecular formula is C31H27BN2O2S. The molecule has 6 aromatic rings. The highest BCUT2D eigenvalue weighted by molar-refractivity contribution is 7.21. The standard InChI is InChI=1S/C31H27BN2O2S/c1-30(2)31(3,4)36-32(35-30)21-15-18-27-24(19-21)23-9-5-7-11-26(23)34(27)22-16-13-20(14-17-22)29-33-25-10-6-8-12-28(25)37-29/h5-19H,1-4H3. The van der Waals surface area contributed by atoms with E-state index in [1.54, 1.807) is 11.3 Å². The van der Waals surface area contributed by atoms with Crippen molar-refractivity contribution in [3.63, 3.8) is 0 Å². The minimum Gasteiger partial charge on any atom is -0.399 e. The Balaban J connectivity index is 1.32. The van der Waals surface area contributed by atoms with Crippen molar-refractivity contribution in [1.29, 1.82) is 0 Å². The summed E-state index contributed by atoms with van der Waals surface area (Å²) in [6.07, 6.45) is 0. The van der Waals surface area contributed by atoms with Gasteiger partial charge in [0.2, 0.25) is 0 Å². The monoisotopic (exact) mass is 502 g/mol. The summed E-state index contributed by atoms with van der Waals surface area (Å²) < 4.78 is 16.2. The Morgan fingerprint density at radius 3 is 2.16 bits per heavy atom. The van der Waals surface area contributed by atoms with E-state index in [0.29, 0.717) is 0 Å². The number of thiazole rings is 1. The summed E-state index contributed by atoms with van der Waals surface area (Å²) in [7, 11) is -0.385. The molecule has 6 heteroatoms. The SMILES string of the molecule is CC1(C)OB(c2ccc3c(c2)c2ccccc2n3-c2ccc(-c3nc4ccccc4s3)cc2)OC1(C)C. The Kier molecular flexibility index (Phi) is 4.93. The second kappa shape index (κ2) is 8.03. The topological polar surface area (TPSA) is 36.3 Å². The molecule has 0 atom stereocenters. The number of nitrogens with zero attached hydrogens (tertiary/aromatic N) is 2. The van der Waals surface area contributed by atoms with Crippen molar-refractivity contribution in [2.75, 3.05) is 0 Å². The fraction of sp³-hybridized carbons (Fsp3) is 0.194. The molecule has 0 unspecified atom stereocenters. The largest absolute Gasteiger partial charge is 0.494 e. The third-order valence-corrected chi connectivity index (χ3v) is 8.97. The van der Waals surface area contributed by atoms with E-state index in [-0.39, 0.29) is 18.3 Å². The molecule has 0 spiro atoms. The van der Waals surface area contributed by atoms with Gasteiger partial charge in [0.05, 0.1) is 32.5 Å². The molecule has 1 saturated heterocycles. The van der Waals surface area contributed by atoms with Gasteiger partial charge in [-0.05, 0) is 81.7 Å². The van der Waals surface area contributed by atoms with Crippen LogP contribution >= 0.6 is 11.3 Å². The fourth-order valence-electron chi connectivity index (χ4n) is 5.14. The van der Waals surface area contributed by atoms with Gasteiger partial charge in [-0.1, -0.05) is 42.5 Å². The van der Waals surface area contributed by atoms with Crippen LogP contribution in [0.1, 0.15) is 27.7 Å². The first-order chi connectivity index (χ1) is 17.8. The molecule has 37 heavy (non-hydrogen) atoms. The van der Waals surface area contributed by atoms with Crippen LogP contribution in [0, 0.1) is 0 Å². The molecule has 182 valence electrons. The normalized spacial score (nSPS) is 16.8. The minimum atomic E-state index is -0.385. The molecule has 7 rings (SSSR count). The number of fused-ring (bicyclic) bond motifs is 4. The first kappa shape index (κ1) is 22.7. The molecule has 1 aliphatic heterocycles. The minimum absolute atomic E-state index is 0.369. The Bertz CT molecular complexity index is 1750. The van der Waals surface area contributed by atoms with E-state index in [1.165, 1.54) is 21.0 Å². The molecule has 4 aromatic carbocycles. The maximum atomic E-state index is 6.35. The van der Waals surface area contributed by atoms with Gasteiger partial charge in [0.15, 0.2) is 0 Å². The van der Waals surface area contributed by atoms with E-state index in [4.69, 9.17) is 14.3 Å². The summed E-state index contributed by atoms with van der Waals surface area (Å²) in [5, 5.41) is 3.45. The van der Waals surface area contributed by atoms with Crippen molar-refractivity contribution in [2.45, 2.75) is 38.9 Å². The lowest BCUT2D eigenvalue weighted by molar-refractivity contribution is 0.00578. The van der Waals surface area contributed by atoms with Gasteiger partial charge in [-0.15, -0.1) is 11.3 Å². The lowest BCUT2D eigenvalue weighted by Gasteiger charge is -2.32. The van der Waals surface area contributed by atoms with Crippen LogP contribution in [0.5, 0.6) is 0 Å². The second-order valence-corrected chi connectivity index (χ2v) is 11.8. The van der Waals surface area contributed by atoms with E-state index < -0.39 is 0 Å². The van der Waals surface area contributed by atoms with E-state index in [1.807, 2.05) is 6.07 Å². The van der Waals surface area contributed by atoms with E-state index in [2.05, 4.69) is 117 Å². The van der Waals surface area contributed by atoms with Crippen LogP contribution in [0.4, 0.5) is 0 Å². The van der Waals surface area contributed by atoms with E-state index in [9.17, 15) is 0 Å². The molecule has 0 N–H and O–H groups in total. The molecule has 0 amide bonds. The highest BCUT2D eigenvalue weighted by Gasteiger charge is 2.51. The highest BCUT2D eigenvalue weighted by atomic mass is 32.1. The lowest BCUT2D eigenvalue weighted by Crippen LogP contribution is -2.41. The van der Waals surface area contributed by atoms with Gasteiger partial charge < -0.3 is 13.9 Å². The lowest BCUT2D eigenvalue weighted by atomic mass is 9.78. The summed E-state index contributed by atoms with van der Waals surface area (Å²) in [4.78, 5) is 4.83. The number of rotatable bonds is 3. The quantitative estimate of drug-likeness (QED) is 0.237. The van der Waals surface area contributed by atoms with Gasteiger partial charge in [0, 0.05) is 22.0 Å². The number of hydrogen-bond acceptors (Lipinski definition) is 4. The van der Waals surface area contributed by atoms with Gasteiger partial charge in [0.25, 0.3) is 0 Å². The summed E-state index contributed by atoms with van der Waals surface area (Å²) >= 11 is 1.73. The van der Waals surface area contributed by atoms with Crippen LogP contribution in [-0.2, 0) is 9.31 Å². The zero-order chi connectivity index (χ0) is 25.4. The van der Waals surface area contributed by atoms with Gasteiger partial charge >= 0.3 is 7.12 Å². The second-order valence-electron chi connectivity index (χ2n) is 10.8. The van der Waals surface area contributed by atoms with Crippen molar-refractivity contribution in [1.82, 2.24) is 9.55 Å². The molecule has 1 aliphatic rings. The van der Waals surface area contributed by atoms with E-state index in [0.717, 1.165) is 32.8 Å². The predicted molar refractivity (Wildman–Crippen MR) is 155 cm³/mol. The van der Waals surface area contributed by atoms with Crippen molar-refractivity contribution < 1.29 is 9.31 Å². The number of aromatic nitrogens is 2. The van der Waals surface area contributed by atoms with Crippen LogP contribution in [0.25, 0.3) is 48.3 Å². The number of para-hydroxylation sites is 2. The Hall–Kier alpha value is -3.45. The average molecular weight is 502 g/mol. The van der Waals surface area contributed by atoms with Crippen molar-refractivity contribution in [3.05, 3.63) is 91.0 Å². The molecule has 0 bridgehead atoms. The summed E-state index contributed by atoms with van der Waals surface area (Å²) in [5.74, 6) is 0. The van der Waals surface area contributed by atoms with Crippen LogP contribution < -0.4 is 5.46 Å². The third-order valence-electron chi connectivity index (χ3n) is 7.89. The summed E-state index contributed by atoms with van der Waals surface area (Å²) in [6, 6.07) is 32.2. The maximum Gasteiger partial charge on any atom is 0.494 e. The predicted octanol–water partition coefficient (Wildman–Crippen LogP) is 7.36. The third kappa shape index (κ3) is 3.55. The zero-order valence-corrected chi connectivity index (χ0v) is 22.2. The van der Waals surface area contributed by atoms with Gasteiger partial charge in [-0.3, -0.25) is 0 Å². The maximum absolute atomic E-state index is 6.35. The molecule has 0 radical (unpaired) electrons. The Morgan fingerprint density at radius 2 is 1.41 bits per heavy atom. The molecule has 0 saturated carbocycles. The molecular weight excluding hydrogens is 475 g/mol. The average Bonchev–Trinajstić information content (AvgIpc) is 3.53. The fourth-order valence-corrected chi connectivity index (χ4v) is 6.11. The number of hydrogen-bond donors (Lipinski definition) is 0. The summed E-state index contributed by atoms with van der Waals surface area (Å²) in [5.41, 5.74) is 5.95.